The molecule has 0 radical (unpaired) electrons. The molecule has 124 valence electrons. The van der Waals surface area contributed by atoms with Crippen molar-refractivity contribution < 1.29 is 19.1 Å². The first-order valence-electron chi connectivity index (χ1n) is 6.37. The quantitative estimate of drug-likeness (QED) is 0.352. The Morgan fingerprint density at radius 3 is 1.92 bits per heavy atom. The van der Waals surface area contributed by atoms with Gasteiger partial charge in [-0.05, 0) is 36.4 Å². The van der Waals surface area contributed by atoms with Crippen LogP contribution < -0.4 is 9.47 Å². The summed E-state index contributed by atoms with van der Waals surface area (Å²) in [7, 11) is 0. The Hall–Kier alpha value is -1.53. The second kappa shape index (κ2) is 8.53. The Morgan fingerprint density at radius 1 is 0.875 bits per heavy atom. The number of hydrogen-bond acceptors (Lipinski definition) is 4. The number of carbonyl (C=O) groups excluding carboxylic acids is 2. The van der Waals surface area contributed by atoms with E-state index >= 15 is 0 Å². The van der Waals surface area contributed by atoms with Gasteiger partial charge in [-0.1, -0.05) is 50.7 Å². The largest absolute Gasteiger partial charge is 0.423 e. The molecule has 0 atom stereocenters. The van der Waals surface area contributed by atoms with Gasteiger partial charge in [-0.25, -0.2) is 9.59 Å². The maximum atomic E-state index is 11.7. The lowest BCUT2D eigenvalue weighted by Crippen LogP contribution is -2.08. The predicted octanol–water partition coefficient (Wildman–Crippen LogP) is 5.48. The second-order valence-corrected chi connectivity index (χ2v) is 6.49. The van der Waals surface area contributed by atoms with E-state index in [4.69, 9.17) is 44.3 Å². The molecule has 0 heterocycles. The molecule has 0 saturated carbocycles. The van der Waals surface area contributed by atoms with E-state index in [0.29, 0.717) is 10.8 Å². The van der Waals surface area contributed by atoms with Crippen LogP contribution in [0.3, 0.4) is 0 Å². The molecule has 8 heteroatoms. The molecule has 0 N–H and O–H groups in total. The molecule has 0 fully saturated rings. The van der Waals surface area contributed by atoms with Gasteiger partial charge in [0.2, 0.25) is 0 Å². The van der Waals surface area contributed by atoms with Crippen molar-refractivity contribution in [1.82, 2.24) is 0 Å². The van der Waals surface area contributed by atoms with Gasteiger partial charge in [-0.15, -0.1) is 0 Å². The number of ether oxygens (including phenoxy) is 2. The third kappa shape index (κ3) is 5.53. The molecule has 0 aliphatic rings. The van der Waals surface area contributed by atoms with E-state index in [0.717, 1.165) is 16.6 Å². The van der Waals surface area contributed by atoms with E-state index in [1.165, 1.54) is 12.1 Å². The number of carbonyl (C=O) groups is 2. The summed E-state index contributed by atoms with van der Waals surface area (Å²) in [4.78, 5) is 23.4. The van der Waals surface area contributed by atoms with Gasteiger partial charge in [-0.3, -0.25) is 0 Å². The van der Waals surface area contributed by atoms with Crippen LogP contribution in [0.4, 0.5) is 0 Å². The van der Waals surface area contributed by atoms with Gasteiger partial charge in [0.1, 0.15) is 5.75 Å². The summed E-state index contributed by atoms with van der Waals surface area (Å²) >= 11 is 20.8. The topological polar surface area (TPSA) is 52.6 Å². The van der Waals surface area contributed by atoms with Crippen LogP contribution in [-0.4, -0.2) is 11.9 Å². The Kier molecular flexibility index (Phi) is 6.69. The van der Waals surface area contributed by atoms with Crippen molar-refractivity contribution in [3.05, 3.63) is 68.1 Å². The number of benzene rings is 2. The third-order valence-electron chi connectivity index (χ3n) is 2.55. The standard InChI is InChI=1S/C16H8BrCl3O4/c17-9-1-3-11(4-2-9)23-14(21)5-6-15(22)24-16-12(19)7-10(18)8-13(16)20/h1-8H/b6-5+. The molecule has 0 saturated heterocycles. The van der Waals surface area contributed by atoms with Crippen LogP contribution in [0.5, 0.6) is 11.5 Å². The highest BCUT2D eigenvalue weighted by Gasteiger charge is 2.12. The number of hydrogen-bond donors (Lipinski definition) is 0. The molecule has 0 bridgehead atoms. The summed E-state index contributed by atoms with van der Waals surface area (Å²) in [5, 5.41) is 0.455. The zero-order valence-electron chi connectivity index (χ0n) is 11.8. The van der Waals surface area contributed by atoms with E-state index < -0.39 is 11.9 Å². The lowest BCUT2D eigenvalue weighted by atomic mass is 10.3. The maximum absolute atomic E-state index is 11.7. The van der Waals surface area contributed by atoms with Crippen LogP contribution in [0, 0.1) is 0 Å². The molecule has 0 amide bonds. The lowest BCUT2D eigenvalue weighted by Gasteiger charge is -2.06. The minimum absolute atomic E-state index is 0.0429. The molecular formula is C16H8BrCl3O4. The monoisotopic (exact) mass is 448 g/mol. The smallest absolute Gasteiger partial charge is 0.336 e. The molecule has 0 aromatic heterocycles. The number of rotatable bonds is 4. The van der Waals surface area contributed by atoms with Crippen LogP contribution in [0.15, 0.2) is 53.0 Å². The molecule has 0 aliphatic heterocycles. The Labute approximate surface area is 161 Å². The fourth-order valence-corrected chi connectivity index (χ4v) is 2.71. The number of esters is 2. The van der Waals surface area contributed by atoms with E-state index in [1.807, 2.05) is 0 Å². The van der Waals surface area contributed by atoms with Crippen molar-refractivity contribution >= 4 is 62.7 Å². The minimum Gasteiger partial charge on any atom is -0.423 e. The van der Waals surface area contributed by atoms with Crippen molar-refractivity contribution in [2.24, 2.45) is 0 Å². The first-order chi connectivity index (χ1) is 11.3. The van der Waals surface area contributed by atoms with Crippen LogP contribution >= 0.6 is 50.7 Å². The molecule has 24 heavy (non-hydrogen) atoms. The van der Waals surface area contributed by atoms with Crippen molar-refractivity contribution in [2.45, 2.75) is 0 Å². The van der Waals surface area contributed by atoms with Crippen molar-refractivity contribution in [2.75, 3.05) is 0 Å². The van der Waals surface area contributed by atoms with Gasteiger partial charge in [0.15, 0.2) is 5.75 Å². The van der Waals surface area contributed by atoms with Crippen LogP contribution in [0.1, 0.15) is 0 Å². The van der Waals surface area contributed by atoms with Crippen molar-refractivity contribution in [1.29, 1.82) is 0 Å². The lowest BCUT2D eigenvalue weighted by molar-refractivity contribution is -0.131. The maximum Gasteiger partial charge on any atom is 0.336 e. The highest BCUT2D eigenvalue weighted by atomic mass is 79.9. The summed E-state index contributed by atoms with van der Waals surface area (Å²) in [6, 6.07) is 9.38. The average Bonchev–Trinajstić information content (AvgIpc) is 2.51. The fraction of sp³-hybridized carbons (Fsp3) is 0. The second-order valence-electron chi connectivity index (χ2n) is 4.33. The summed E-state index contributed by atoms with van der Waals surface area (Å²) in [5.41, 5.74) is 0. The van der Waals surface area contributed by atoms with Crippen molar-refractivity contribution in [3.63, 3.8) is 0 Å². The molecule has 0 spiro atoms. The van der Waals surface area contributed by atoms with Crippen LogP contribution in [0.2, 0.25) is 15.1 Å². The van der Waals surface area contributed by atoms with Gasteiger partial charge < -0.3 is 9.47 Å². The van der Waals surface area contributed by atoms with Gasteiger partial charge in [0.25, 0.3) is 0 Å². The molecule has 2 aromatic carbocycles. The minimum atomic E-state index is -0.839. The first-order valence-corrected chi connectivity index (χ1v) is 8.29. The van der Waals surface area contributed by atoms with Gasteiger partial charge in [0.05, 0.1) is 10.0 Å². The van der Waals surface area contributed by atoms with E-state index in [9.17, 15) is 9.59 Å². The first kappa shape index (κ1) is 18.8. The predicted molar refractivity (Wildman–Crippen MR) is 96.0 cm³/mol. The van der Waals surface area contributed by atoms with E-state index in [2.05, 4.69) is 15.9 Å². The van der Waals surface area contributed by atoms with E-state index in [-0.39, 0.29) is 15.8 Å². The summed E-state index contributed by atoms with van der Waals surface area (Å²) in [5.74, 6) is -1.28. The average molecular weight is 450 g/mol. The molecule has 0 unspecified atom stereocenters. The highest BCUT2D eigenvalue weighted by Crippen LogP contribution is 2.35. The highest BCUT2D eigenvalue weighted by molar-refractivity contribution is 9.10. The Morgan fingerprint density at radius 2 is 1.38 bits per heavy atom. The van der Waals surface area contributed by atoms with Crippen LogP contribution in [-0.2, 0) is 9.59 Å². The molecule has 0 aliphatic carbocycles. The summed E-state index contributed by atoms with van der Waals surface area (Å²) in [6.45, 7) is 0. The zero-order chi connectivity index (χ0) is 17.7. The zero-order valence-corrected chi connectivity index (χ0v) is 15.6. The fourth-order valence-electron chi connectivity index (χ4n) is 1.55. The molecular weight excluding hydrogens is 442 g/mol. The van der Waals surface area contributed by atoms with Gasteiger partial charge in [0, 0.05) is 21.6 Å². The Balaban J connectivity index is 1.98. The van der Waals surface area contributed by atoms with Crippen molar-refractivity contribution in [3.8, 4) is 11.5 Å². The Bertz CT molecular complexity index is 780. The SMILES string of the molecule is O=C(/C=C/C(=O)Oc1c(Cl)cc(Cl)cc1Cl)Oc1ccc(Br)cc1. The van der Waals surface area contributed by atoms with Gasteiger partial charge >= 0.3 is 11.9 Å². The third-order valence-corrected chi connectivity index (χ3v) is 3.86. The van der Waals surface area contributed by atoms with Crippen LogP contribution in [0.25, 0.3) is 0 Å². The molecule has 2 aromatic rings. The molecule has 2 rings (SSSR count). The number of halogens is 4. The normalized spacial score (nSPS) is 10.7. The van der Waals surface area contributed by atoms with E-state index in [1.54, 1.807) is 24.3 Å². The molecule has 4 nitrogen and oxygen atoms in total. The summed E-state index contributed by atoms with van der Waals surface area (Å²) < 4.78 is 10.8. The summed E-state index contributed by atoms with van der Waals surface area (Å²) in [6.07, 6.45) is 1.84. The van der Waals surface area contributed by atoms with Gasteiger partial charge in [-0.2, -0.15) is 0 Å².